The summed E-state index contributed by atoms with van der Waals surface area (Å²) in [6.45, 7) is 1.79. The van der Waals surface area contributed by atoms with E-state index in [1.54, 1.807) is 25.1 Å². The lowest BCUT2D eigenvalue weighted by atomic mass is 9.99. The zero-order valence-electron chi connectivity index (χ0n) is 15.8. The van der Waals surface area contributed by atoms with Crippen LogP contribution in [0.4, 0.5) is 11.5 Å². The molecule has 0 saturated heterocycles. The number of hydrogen-bond acceptors (Lipinski definition) is 5. The van der Waals surface area contributed by atoms with E-state index >= 15 is 0 Å². The average Bonchev–Trinajstić information content (AvgIpc) is 3.18. The van der Waals surface area contributed by atoms with E-state index in [4.69, 9.17) is 16.0 Å². The number of rotatable bonds is 3. The fourth-order valence-corrected chi connectivity index (χ4v) is 3.84. The Bertz CT molecular complexity index is 1320. The lowest BCUT2D eigenvalue weighted by molar-refractivity contribution is -0.122. The first-order chi connectivity index (χ1) is 13.7. The lowest BCUT2D eigenvalue weighted by Gasteiger charge is -2.11. The summed E-state index contributed by atoms with van der Waals surface area (Å²) < 4.78 is 7.60. The molecular formula is C19H17ClN4O5. The summed E-state index contributed by atoms with van der Waals surface area (Å²) in [5.41, 5.74) is -0.0836. The summed E-state index contributed by atoms with van der Waals surface area (Å²) >= 11 is 6.20. The molecule has 2 aromatic heterocycles. The molecule has 3 heterocycles. The number of aromatic nitrogens is 2. The second kappa shape index (κ2) is 6.63. The van der Waals surface area contributed by atoms with E-state index < -0.39 is 29.0 Å². The molecule has 1 aliphatic heterocycles. The maximum atomic E-state index is 12.6. The Morgan fingerprint density at radius 1 is 1.21 bits per heavy atom. The fourth-order valence-electron chi connectivity index (χ4n) is 3.57. The highest BCUT2D eigenvalue weighted by Crippen LogP contribution is 2.33. The molecule has 1 aliphatic rings. The van der Waals surface area contributed by atoms with Gasteiger partial charge in [0.05, 0.1) is 16.5 Å². The summed E-state index contributed by atoms with van der Waals surface area (Å²) in [6, 6.07) is 5.05. The van der Waals surface area contributed by atoms with Crippen LogP contribution < -0.4 is 21.9 Å². The van der Waals surface area contributed by atoms with Crippen LogP contribution >= 0.6 is 11.6 Å². The van der Waals surface area contributed by atoms with E-state index in [1.807, 2.05) is 0 Å². The van der Waals surface area contributed by atoms with E-state index in [2.05, 4.69) is 10.6 Å². The topological polar surface area (TPSA) is 115 Å². The number of benzene rings is 1. The van der Waals surface area contributed by atoms with Crippen molar-refractivity contribution >= 4 is 45.9 Å². The van der Waals surface area contributed by atoms with Crippen LogP contribution in [0.1, 0.15) is 23.7 Å². The van der Waals surface area contributed by atoms with Gasteiger partial charge in [-0.05, 0) is 25.1 Å². The van der Waals surface area contributed by atoms with E-state index in [-0.39, 0.29) is 17.8 Å². The summed E-state index contributed by atoms with van der Waals surface area (Å²) in [5.74, 6) is -1.16. The second-order valence-corrected chi connectivity index (χ2v) is 7.40. The number of amides is 2. The number of nitrogens with one attached hydrogen (secondary N) is 2. The van der Waals surface area contributed by atoms with Crippen LogP contribution in [-0.2, 0) is 23.7 Å². The molecule has 0 radical (unpaired) electrons. The van der Waals surface area contributed by atoms with Gasteiger partial charge in [0, 0.05) is 31.6 Å². The van der Waals surface area contributed by atoms with Crippen molar-refractivity contribution in [3.8, 4) is 0 Å². The molecule has 4 rings (SSSR count). The number of hydrogen-bond donors (Lipinski definition) is 2. The van der Waals surface area contributed by atoms with Gasteiger partial charge in [0.15, 0.2) is 5.58 Å². The molecule has 10 heteroatoms. The molecule has 0 unspecified atom stereocenters. The first kappa shape index (κ1) is 19.0. The van der Waals surface area contributed by atoms with Gasteiger partial charge in [-0.15, -0.1) is 0 Å². The predicted molar refractivity (Wildman–Crippen MR) is 108 cm³/mol. The third-order valence-electron chi connectivity index (χ3n) is 4.97. The maximum Gasteiger partial charge on any atom is 0.332 e. The molecule has 2 N–H and O–H groups in total. The number of nitrogens with zero attached hydrogens (tertiary/aromatic N) is 2. The Balaban J connectivity index is 1.63. The number of fused-ring (bicyclic) bond motifs is 2. The Labute approximate surface area is 168 Å². The SMILES string of the molecule is Cc1cc2cc(NC(=O)C[C@H]3C(=O)Nc4c3c(=O)n(C)c(=O)n4C)cc(Cl)c2o1. The third kappa shape index (κ3) is 3.03. The molecule has 9 nitrogen and oxygen atoms in total. The van der Waals surface area contributed by atoms with Gasteiger partial charge in [0.1, 0.15) is 11.6 Å². The summed E-state index contributed by atoms with van der Waals surface area (Å²) in [4.78, 5) is 49.5. The van der Waals surface area contributed by atoms with Crippen LogP contribution in [0.5, 0.6) is 0 Å². The van der Waals surface area contributed by atoms with Gasteiger partial charge < -0.3 is 15.1 Å². The van der Waals surface area contributed by atoms with Crippen LogP contribution in [0.2, 0.25) is 5.02 Å². The number of anilines is 2. The van der Waals surface area contributed by atoms with Gasteiger partial charge in [-0.1, -0.05) is 11.6 Å². The van der Waals surface area contributed by atoms with Gasteiger partial charge >= 0.3 is 5.69 Å². The van der Waals surface area contributed by atoms with Crippen LogP contribution in [-0.4, -0.2) is 20.9 Å². The third-order valence-corrected chi connectivity index (χ3v) is 5.25. The summed E-state index contributed by atoms with van der Waals surface area (Å²) in [7, 11) is 2.78. The number of halogens is 1. The number of carbonyl (C=O) groups excluding carboxylic acids is 2. The molecule has 0 fully saturated rings. The zero-order valence-corrected chi connectivity index (χ0v) is 16.6. The molecule has 0 spiro atoms. The molecular weight excluding hydrogens is 400 g/mol. The van der Waals surface area contributed by atoms with Crippen LogP contribution in [0.25, 0.3) is 11.0 Å². The quantitative estimate of drug-likeness (QED) is 0.676. The molecule has 1 atom stereocenters. The van der Waals surface area contributed by atoms with Gasteiger partial charge in [-0.25, -0.2) is 4.79 Å². The van der Waals surface area contributed by atoms with Gasteiger partial charge in [-0.3, -0.25) is 23.5 Å². The largest absolute Gasteiger partial charge is 0.460 e. The van der Waals surface area contributed by atoms with Crippen LogP contribution in [0.15, 0.2) is 32.2 Å². The standard InChI is InChI=1S/C19H17ClN4O5/c1-8-4-9-5-10(6-12(20)15(9)29-8)21-13(25)7-11-14-16(22-17(11)26)23(2)19(28)24(3)18(14)27/h4-6,11H,7H2,1-3H3,(H,21,25)(H,22,26)/t11-/m1/s1. The molecule has 0 saturated carbocycles. The van der Waals surface area contributed by atoms with Gasteiger partial charge in [0.2, 0.25) is 11.8 Å². The molecule has 0 aliphatic carbocycles. The monoisotopic (exact) mass is 416 g/mol. The fraction of sp³-hybridized carbons (Fsp3) is 0.263. The maximum absolute atomic E-state index is 12.6. The van der Waals surface area contributed by atoms with Crippen molar-refractivity contribution < 1.29 is 14.0 Å². The minimum atomic E-state index is -0.995. The first-order valence-corrected chi connectivity index (χ1v) is 9.15. The van der Waals surface area contributed by atoms with Crippen molar-refractivity contribution in [3.05, 3.63) is 55.4 Å². The summed E-state index contributed by atoms with van der Waals surface area (Å²) in [5, 5.41) is 6.31. The van der Waals surface area contributed by atoms with Crippen molar-refractivity contribution in [3.63, 3.8) is 0 Å². The Morgan fingerprint density at radius 2 is 1.93 bits per heavy atom. The van der Waals surface area contributed by atoms with Crippen molar-refractivity contribution in [2.75, 3.05) is 10.6 Å². The highest BCUT2D eigenvalue weighted by atomic mass is 35.5. The van der Waals surface area contributed by atoms with Crippen molar-refractivity contribution in [2.45, 2.75) is 19.3 Å². The number of carbonyl (C=O) groups is 2. The Kier molecular flexibility index (Phi) is 4.34. The van der Waals surface area contributed by atoms with E-state index in [9.17, 15) is 19.2 Å². The predicted octanol–water partition coefficient (Wildman–Crippen LogP) is 1.86. The zero-order chi connectivity index (χ0) is 21.0. The number of aryl methyl sites for hydroxylation is 1. The van der Waals surface area contributed by atoms with E-state index in [0.29, 0.717) is 22.1 Å². The smallest absolute Gasteiger partial charge is 0.332 e. The molecule has 3 aromatic rings. The normalized spacial score (nSPS) is 15.4. The number of furan rings is 1. The molecule has 150 valence electrons. The van der Waals surface area contributed by atoms with E-state index in [1.165, 1.54) is 18.7 Å². The second-order valence-electron chi connectivity index (χ2n) is 7.00. The Hall–Kier alpha value is -3.33. The van der Waals surface area contributed by atoms with Gasteiger partial charge in [-0.2, -0.15) is 0 Å². The van der Waals surface area contributed by atoms with Crippen molar-refractivity contribution in [1.29, 1.82) is 0 Å². The molecule has 1 aromatic carbocycles. The Morgan fingerprint density at radius 3 is 2.66 bits per heavy atom. The first-order valence-electron chi connectivity index (χ1n) is 8.77. The summed E-state index contributed by atoms with van der Waals surface area (Å²) in [6.07, 6.45) is -0.258. The van der Waals surface area contributed by atoms with Crippen LogP contribution in [0, 0.1) is 6.92 Å². The van der Waals surface area contributed by atoms with Crippen molar-refractivity contribution in [1.82, 2.24) is 9.13 Å². The van der Waals surface area contributed by atoms with Gasteiger partial charge in [0.25, 0.3) is 5.56 Å². The van der Waals surface area contributed by atoms with E-state index in [0.717, 1.165) is 9.95 Å². The van der Waals surface area contributed by atoms with Crippen LogP contribution in [0.3, 0.4) is 0 Å². The lowest BCUT2D eigenvalue weighted by Crippen LogP contribution is -2.39. The average molecular weight is 417 g/mol. The van der Waals surface area contributed by atoms with Crippen molar-refractivity contribution in [2.24, 2.45) is 14.1 Å². The minimum absolute atomic E-state index is 0.105. The highest BCUT2D eigenvalue weighted by molar-refractivity contribution is 6.35. The molecule has 0 bridgehead atoms. The molecule has 29 heavy (non-hydrogen) atoms. The highest BCUT2D eigenvalue weighted by Gasteiger charge is 2.37. The molecule has 2 amide bonds. The minimum Gasteiger partial charge on any atom is -0.460 e.